The molecule has 47 heavy (non-hydrogen) atoms. The first-order valence-electron chi connectivity index (χ1n) is 14.8. The number of hydrogen-bond acceptors (Lipinski definition) is 5. The Hall–Kier alpha value is -6.90. The zero-order valence-electron chi connectivity index (χ0n) is 24.5. The van der Waals surface area contributed by atoms with Crippen molar-refractivity contribution >= 4 is 75.1 Å². The number of fused-ring (bicyclic) bond motifs is 9. The van der Waals surface area contributed by atoms with E-state index in [1.807, 2.05) is 72.8 Å². The van der Waals surface area contributed by atoms with Gasteiger partial charge in [0.15, 0.2) is 0 Å². The van der Waals surface area contributed by atoms with E-state index in [2.05, 4.69) is 69.8 Å². The van der Waals surface area contributed by atoms with Crippen molar-refractivity contribution in [3.63, 3.8) is 0 Å². The second kappa shape index (κ2) is 9.80. The van der Waals surface area contributed by atoms with Crippen molar-refractivity contribution in [3.05, 3.63) is 131 Å². The molecule has 0 unspecified atom stereocenters. The molecule has 0 aliphatic carbocycles. The fourth-order valence-corrected chi connectivity index (χ4v) is 7.97. The van der Waals surface area contributed by atoms with Crippen LogP contribution in [0.15, 0.2) is 109 Å². The maximum Gasteiger partial charge on any atom is 0.0992 e. The molecule has 9 rings (SSSR count). The van der Waals surface area contributed by atoms with E-state index in [1.54, 1.807) is 11.3 Å². The fourth-order valence-electron chi connectivity index (χ4n) is 6.90. The van der Waals surface area contributed by atoms with Crippen molar-refractivity contribution in [3.8, 4) is 35.7 Å². The lowest BCUT2D eigenvalue weighted by molar-refractivity contribution is 1.18. The number of nitrogens with zero attached hydrogens (tertiary/aromatic N) is 6. The molecular formula is C40H18N6S. The molecule has 0 radical (unpaired) electrons. The van der Waals surface area contributed by atoms with Gasteiger partial charge in [-0.1, -0.05) is 24.3 Å². The number of thiophene rings is 1. The van der Waals surface area contributed by atoms with Crippen molar-refractivity contribution in [1.82, 2.24) is 9.13 Å². The second-order valence-corrected chi connectivity index (χ2v) is 12.6. The average Bonchev–Trinajstić information content (AvgIpc) is 3.76. The summed E-state index contributed by atoms with van der Waals surface area (Å²) >= 11 is 1.72. The number of nitriles is 4. The van der Waals surface area contributed by atoms with E-state index in [1.165, 1.54) is 0 Å². The summed E-state index contributed by atoms with van der Waals surface area (Å²) in [5.41, 5.74) is 7.75. The maximum atomic E-state index is 9.71. The van der Waals surface area contributed by atoms with Gasteiger partial charge >= 0.3 is 0 Å². The minimum Gasteiger partial charge on any atom is -0.309 e. The SMILES string of the molecule is N#Cc1ccc2c3ccc(C#N)cc3n(-c3ccc4sc5ccc(-n6c7cc(C#N)ccc7c7ccc(C#N)cc76)cc5c4c3)c2c1. The summed E-state index contributed by atoms with van der Waals surface area (Å²) in [7, 11) is 0. The quantitative estimate of drug-likeness (QED) is 0.193. The molecular weight excluding hydrogens is 597 g/mol. The average molecular weight is 615 g/mol. The first kappa shape index (κ1) is 26.5. The summed E-state index contributed by atoms with van der Waals surface area (Å²) in [4.78, 5) is 0. The molecule has 0 bridgehead atoms. The minimum absolute atomic E-state index is 0.569. The number of aromatic nitrogens is 2. The molecule has 214 valence electrons. The highest BCUT2D eigenvalue weighted by molar-refractivity contribution is 7.25. The van der Waals surface area contributed by atoms with Crippen LogP contribution < -0.4 is 0 Å². The lowest BCUT2D eigenvalue weighted by Gasteiger charge is -2.10. The Labute approximate surface area is 271 Å². The summed E-state index contributed by atoms with van der Waals surface area (Å²) in [5, 5.41) is 45.1. The van der Waals surface area contributed by atoms with Crippen molar-refractivity contribution in [2.45, 2.75) is 0 Å². The summed E-state index contributed by atoms with van der Waals surface area (Å²) in [6.07, 6.45) is 0. The molecule has 0 saturated heterocycles. The van der Waals surface area contributed by atoms with Gasteiger partial charge in [-0.05, 0) is 84.9 Å². The Bertz CT molecular complexity index is 2670. The van der Waals surface area contributed by atoms with E-state index in [-0.39, 0.29) is 0 Å². The number of benzene rings is 6. The third kappa shape index (κ3) is 3.79. The molecule has 0 N–H and O–H groups in total. The molecule has 3 aromatic heterocycles. The van der Waals surface area contributed by atoms with Gasteiger partial charge in [-0.2, -0.15) is 21.0 Å². The lowest BCUT2D eigenvalue weighted by Crippen LogP contribution is -1.95. The Kier molecular flexibility index (Phi) is 5.53. The van der Waals surface area contributed by atoms with Crippen LogP contribution in [-0.2, 0) is 0 Å². The Morgan fingerprint density at radius 1 is 0.362 bits per heavy atom. The van der Waals surface area contributed by atoms with Crippen LogP contribution in [0.1, 0.15) is 22.3 Å². The van der Waals surface area contributed by atoms with E-state index in [0.29, 0.717) is 22.3 Å². The molecule has 9 aromatic rings. The van der Waals surface area contributed by atoms with Gasteiger partial charge in [0.05, 0.1) is 68.6 Å². The van der Waals surface area contributed by atoms with Gasteiger partial charge in [0.25, 0.3) is 0 Å². The van der Waals surface area contributed by atoms with Crippen LogP contribution in [0.5, 0.6) is 0 Å². The number of hydrogen-bond donors (Lipinski definition) is 0. The van der Waals surface area contributed by atoms with Crippen molar-refractivity contribution in [2.75, 3.05) is 0 Å². The standard InChI is InChI=1S/C40H18N6S/c41-19-23-1-7-29-30-8-2-24(20-42)14-36(30)45(35(29)13-23)27-5-11-39-33(17-27)34-18-28(6-12-40(34)47-39)46-37-15-25(21-43)3-9-31(37)32-10-4-26(22-44)16-38(32)46/h1-18H. The number of rotatable bonds is 2. The largest absolute Gasteiger partial charge is 0.309 e. The van der Waals surface area contributed by atoms with Crippen LogP contribution in [0.25, 0.3) is 75.2 Å². The summed E-state index contributed by atoms with van der Waals surface area (Å²) < 4.78 is 6.55. The van der Waals surface area contributed by atoms with Gasteiger partial charge in [-0.25, -0.2) is 0 Å². The highest BCUT2D eigenvalue weighted by atomic mass is 32.1. The van der Waals surface area contributed by atoms with Crippen LogP contribution in [0.4, 0.5) is 0 Å². The van der Waals surface area contributed by atoms with E-state index < -0.39 is 0 Å². The highest BCUT2D eigenvalue weighted by Crippen LogP contribution is 2.40. The van der Waals surface area contributed by atoms with Crippen molar-refractivity contribution in [2.24, 2.45) is 0 Å². The molecule has 0 fully saturated rings. The zero-order chi connectivity index (χ0) is 31.8. The summed E-state index contributed by atoms with van der Waals surface area (Å²) in [5.74, 6) is 0. The topological polar surface area (TPSA) is 105 Å². The third-order valence-electron chi connectivity index (χ3n) is 9.00. The van der Waals surface area contributed by atoms with Gasteiger partial charge in [0, 0.05) is 53.1 Å². The summed E-state index contributed by atoms with van der Waals surface area (Å²) in [6, 6.07) is 44.7. The monoisotopic (exact) mass is 614 g/mol. The first-order chi connectivity index (χ1) is 23.1. The van der Waals surface area contributed by atoms with Gasteiger partial charge in [-0.3, -0.25) is 0 Å². The Morgan fingerprint density at radius 2 is 0.681 bits per heavy atom. The fraction of sp³-hybridized carbons (Fsp3) is 0. The normalized spacial score (nSPS) is 11.3. The molecule has 0 spiro atoms. The van der Waals surface area contributed by atoms with E-state index >= 15 is 0 Å². The van der Waals surface area contributed by atoms with Crippen LogP contribution in [-0.4, -0.2) is 9.13 Å². The van der Waals surface area contributed by atoms with Gasteiger partial charge < -0.3 is 9.13 Å². The molecule has 0 aliphatic rings. The predicted molar refractivity (Wildman–Crippen MR) is 187 cm³/mol. The van der Waals surface area contributed by atoms with Crippen LogP contribution in [0.3, 0.4) is 0 Å². The Balaban J connectivity index is 1.33. The van der Waals surface area contributed by atoms with E-state index in [0.717, 1.165) is 75.2 Å². The van der Waals surface area contributed by atoms with Gasteiger partial charge in [-0.15, -0.1) is 11.3 Å². The summed E-state index contributed by atoms with van der Waals surface area (Å²) in [6.45, 7) is 0. The van der Waals surface area contributed by atoms with Gasteiger partial charge in [0.1, 0.15) is 0 Å². The molecule has 0 amide bonds. The highest BCUT2D eigenvalue weighted by Gasteiger charge is 2.18. The second-order valence-electron chi connectivity index (χ2n) is 11.5. The van der Waals surface area contributed by atoms with Crippen LogP contribution in [0.2, 0.25) is 0 Å². The maximum absolute atomic E-state index is 9.71. The smallest absolute Gasteiger partial charge is 0.0992 e. The lowest BCUT2D eigenvalue weighted by atomic mass is 10.1. The third-order valence-corrected chi connectivity index (χ3v) is 10.2. The van der Waals surface area contributed by atoms with Crippen LogP contribution >= 0.6 is 11.3 Å². The molecule has 0 atom stereocenters. The van der Waals surface area contributed by atoms with E-state index in [4.69, 9.17) is 0 Å². The molecule has 6 nitrogen and oxygen atoms in total. The van der Waals surface area contributed by atoms with E-state index in [9.17, 15) is 21.0 Å². The predicted octanol–water partition coefficient (Wildman–Crippen LogP) is 9.74. The molecule has 6 aromatic carbocycles. The van der Waals surface area contributed by atoms with Crippen LogP contribution in [0, 0.1) is 45.3 Å². The van der Waals surface area contributed by atoms with Crippen molar-refractivity contribution < 1.29 is 0 Å². The Morgan fingerprint density at radius 3 is 0.979 bits per heavy atom. The molecule has 3 heterocycles. The van der Waals surface area contributed by atoms with Gasteiger partial charge in [0.2, 0.25) is 0 Å². The zero-order valence-corrected chi connectivity index (χ0v) is 25.3. The molecule has 0 aliphatic heterocycles. The minimum atomic E-state index is 0.569. The molecule has 7 heteroatoms. The van der Waals surface area contributed by atoms with Crippen molar-refractivity contribution in [1.29, 1.82) is 21.0 Å². The molecule has 0 saturated carbocycles. The first-order valence-corrected chi connectivity index (χ1v) is 15.6.